The monoisotopic (exact) mass is 1110 g/mol. The minimum atomic E-state index is 0.0363. The van der Waals surface area contributed by atoms with E-state index in [1.807, 2.05) is 36.4 Å². The summed E-state index contributed by atoms with van der Waals surface area (Å²) < 4.78 is 2.61. The average Bonchev–Trinajstić information content (AvgIpc) is 1.74. The van der Waals surface area contributed by atoms with Gasteiger partial charge in [-0.15, -0.1) is 0 Å². The van der Waals surface area contributed by atoms with E-state index in [0.29, 0.717) is 17.5 Å². The number of hydrogen-bond donors (Lipinski definition) is 0. The largest absolute Gasteiger partial charge is 0.308 e. The minimum absolute atomic E-state index is 0.0363. The highest BCUT2D eigenvalue weighted by atomic mass is 15.0. The maximum atomic E-state index is 5.42. The van der Waals surface area contributed by atoms with E-state index in [-0.39, 0.29) is 11.8 Å². The number of nitrogens with zero attached hydrogens (tertiary/aromatic N) is 4. The molecule has 0 spiro atoms. The third-order valence-electron chi connectivity index (χ3n) is 18.0. The fourth-order valence-corrected chi connectivity index (χ4v) is 14.0. The van der Waals surface area contributed by atoms with Crippen molar-refractivity contribution >= 4 is 21.8 Å². The van der Waals surface area contributed by atoms with Crippen LogP contribution in [0.4, 0.5) is 0 Å². The van der Waals surface area contributed by atoms with E-state index < -0.39 is 0 Å². The highest BCUT2D eigenvalue weighted by Crippen LogP contribution is 2.52. The van der Waals surface area contributed by atoms with Crippen molar-refractivity contribution in [3.05, 3.63) is 349 Å². The molecule has 406 valence electrons. The normalized spacial score (nSPS) is 12.5. The Morgan fingerprint density at radius 2 is 0.506 bits per heavy atom. The third kappa shape index (κ3) is 8.56. The van der Waals surface area contributed by atoms with Gasteiger partial charge in [-0.2, -0.15) is 0 Å². The second-order valence-electron chi connectivity index (χ2n) is 22.9. The summed E-state index contributed by atoms with van der Waals surface area (Å²) in [4.78, 5) is 16.0. The summed E-state index contributed by atoms with van der Waals surface area (Å²) in [6.07, 6.45) is 0. The minimum Gasteiger partial charge on any atom is -0.308 e. The molecule has 2 aliphatic carbocycles. The summed E-state index contributed by atoms with van der Waals surface area (Å²) in [7, 11) is 0. The van der Waals surface area contributed by atoms with Gasteiger partial charge in [0.1, 0.15) is 0 Å². The number of hydrogen-bond acceptors (Lipinski definition) is 3. The lowest BCUT2D eigenvalue weighted by Gasteiger charge is -2.22. The van der Waals surface area contributed by atoms with E-state index in [4.69, 9.17) is 15.0 Å². The Hall–Kier alpha value is -11.3. The molecule has 87 heavy (non-hydrogen) atoms. The van der Waals surface area contributed by atoms with Crippen molar-refractivity contribution in [3.63, 3.8) is 0 Å². The van der Waals surface area contributed by atoms with Gasteiger partial charge in [-0.3, -0.25) is 0 Å². The molecule has 0 saturated heterocycles. The quantitative estimate of drug-likeness (QED) is 0.137. The highest BCUT2D eigenvalue weighted by molar-refractivity contribution is 6.12. The maximum Gasteiger partial charge on any atom is 0.164 e. The van der Waals surface area contributed by atoms with Crippen molar-refractivity contribution in [1.82, 2.24) is 19.5 Å². The molecule has 0 N–H and O–H groups in total. The summed E-state index contributed by atoms with van der Waals surface area (Å²) in [6, 6.07) is 115. The molecule has 0 fully saturated rings. The van der Waals surface area contributed by atoms with Crippen molar-refractivity contribution < 1.29 is 0 Å². The first-order valence-corrected chi connectivity index (χ1v) is 30.0. The summed E-state index contributed by atoms with van der Waals surface area (Å²) in [6.45, 7) is 0. The Morgan fingerprint density at radius 3 is 0.862 bits per heavy atom. The van der Waals surface area contributed by atoms with Crippen LogP contribution in [0.5, 0.6) is 0 Å². The molecular weight excluding hydrogens is 1050 g/mol. The summed E-state index contributed by atoms with van der Waals surface area (Å²) in [5.41, 5.74) is 27.8. The van der Waals surface area contributed by atoms with Crippen molar-refractivity contribution in [2.24, 2.45) is 0 Å². The first-order valence-electron chi connectivity index (χ1n) is 30.0. The standard InChI is InChI=1S/C83H54N4/c1-5-21-53(22-6-1)55-37-41-57(42-38-55)74-49-63(83-85-81(59-25-9-3-10-26-59)84-82(86-83)60-27-11-4-12-28-60)50-75(58-43-39-56(40-44-58)54-23-7-2-8-24-54)80(74)87-76-51-61(78-70-33-17-13-29-64(70)65-30-14-18-34-71(65)78)45-47-68(76)69-48-46-62(52-77(69)87)79-72-35-19-15-31-66(72)67-32-16-20-36-73(67)79/h1-52,78-79H. The molecule has 0 aliphatic heterocycles. The molecule has 2 heterocycles. The van der Waals surface area contributed by atoms with Crippen LogP contribution in [-0.4, -0.2) is 19.5 Å². The second kappa shape index (κ2) is 20.8. The lowest BCUT2D eigenvalue weighted by Crippen LogP contribution is -2.05. The van der Waals surface area contributed by atoms with Crippen LogP contribution in [-0.2, 0) is 0 Å². The molecule has 0 radical (unpaired) electrons. The van der Waals surface area contributed by atoms with Crippen LogP contribution in [0.2, 0.25) is 0 Å². The zero-order valence-electron chi connectivity index (χ0n) is 47.5. The molecule has 13 aromatic carbocycles. The van der Waals surface area contributed by atoms with E-state index >= 15 is 0 Å². The Kier molecular flexibility index (Phi) is 12.0. The number of rotatable bonds is 10. The number of benzene rings is 13. The van der Waals surface area contributed by atoms with Crippen molar-refractivity contribution in [2.45, 2.75) is 11.8 Å². The van der Waals surface area contributed by atoms with Gasteiger partial charge < -0.3 is 4.57 Å². The van der Waals surface area contributed by atoms with Crippen molar-refractivity contribution in [3.8, 4) is 107 Å². The van der Waals surface area contributed by atoms with Crippen molar-refractivity contribution in [1.29, 1.82) is 0 Å². The van der Waals surface area contributed by atoms with Gasteiger partial charge in [-0.25, -0.2) is 15.0 Å². The predicted octanol–water partition coefficient (Wildman–Crippen LogP) is 21.0. The molecule has 2 aliphatic rings. The zero-order chi connectivity index (χ0) is 57.4. The van der Waals surface area contributed by atoms with Gasteiger partial charge in [-0.05, 0) is 113 Å². The van der Waals surface area contributed by atoms with Crippen molar-refractivity contribution in [2.75, 3.05) is 0 Å². The fraction of sp³-hybridized carbons (Fsp3) is 0.0241. The van der Waals surface area contributed by atoms with E-state index in [1.165, 1.54) is 66.4 Å². The smallest absolute Gasteiger partial charge is 0.164 e. The lowest BCUT2D eigenvalue weighted by atomic mass is 9.88. The average molecular weight is 1110 g/mol. The van der Waals surface area contributed by atoms with Gasteiger partial charge in [0.15, 0.2) is 17.5 Å². The molecule has 17 rings (SSSR count). The molecular formula is C83H54N4. The summed E-state index contributed by atoms with van der Waals surface area (Å²) >= 11 is 0. The maximum absolute atomic E-state index is 5.42. The fourth-order valence-electron chi connectivity index (χ4n) is 14.0. The zero-order valence-corrected chi connectivity index (χ0v) is 47.5. The summed E-state index contributed by atoms with van der Waals surface area (Å²) in [5.74, 6) is 1.88. The number of aromatic nitrogens is 4. The number of fused-ring (bicyclic) bond motifs is 9. The highest BCUT2D eigenvalue weighted by Gasteiger charge is 2.33. The molecule has 0 saturated carbocycles. The predicted molar refractivity (Wildman–Crippen MR) is 358 cm³/mol. The Labute approximate surface area is 505 Å². The van der Waals surface area contributed by atoms with Crippen LogP contribution >= 0.6 is 0 Å². The lowest BCUT2D eigenvalue weighted by molar-refractivity contribution is 1.01. The van der Waals surface area contributed by atoms with Crippen LogP contribution in [0.25, 0.3) is 128 Å². The molecule has 2 aromatic heterocycles. The van der Waals surface area contributed by atoms with E-state index in [9.17, 15) is 0 Å². The molecule has 0 amide bonds. The topological polar surface area (TPSA) is 43.6 Å². The second-order valence-corrected chi connectivity index (χ2v) is 22.9. The van der Waals surface area contributed by atoms with Gasteiger partial charge in [-0.1, -0.05) is 291 Å². The van der Waals surface area contributed by atoms with Gasteiger partial charge in [0.05, 0.1) is 16.7 Å². The van der Waals surface area contributed by atoms with Crippen LogP contribution in [0.15, 0.2) is 315 Å². The van der Waals surface area contributed by atoms with Gasteiger partial charge in [0, 0.05) is 50.4 Å². The first kappa shape index (κ1) is 50.2. The van der Waals surface area contributed by atoms with E-state index in [1.54, 1.807) is 0 Å². The molecule has 0 unspecified atom stereocenters. The Morgan fingerprint density at radius 1 is 0.218 bits per heavy atom. The Bertz CT molecular complexity index is 4720. The van der Waals surface area contributed by atoms with E-state index in [0.717, 1.165) is 77.9 Å². The summed E-state index contributed by atoms with van der Waals surface area (Å²) in [5, 5.41) is 2.37. The van der Waals surface area contributed by atoms with Crippen LogP contribution in [0, 0.1) is 0 Å². The third-order valence-corrected chi connectivity index (χ3v) is 18.0. The van der Waals surface area contributed by atoms with Gasteiger partial charge in [0.25, 0.3) is 0 Å². The van der Waals surface area contributed by atoms with Gasteiger partial charge in [0.2, 0.25) is 0 Å². The Balaban J connectivity index is 0.995. The molecule has 4 nitrogen and oxygen atoms in total. The molecule has 0 atom stereocenters. The van der Waals surface area contributed by atoms with Gasteiger partial charge >= 0.3 is 0 Å². The first-order chi connectivity index (χ1) is 43.1. The molecule has 0 bridgehead atoms. The van der Waals surface area contributed by atoms with Crippen LogP contribution in [0.1, 0.15) is 45.2 Å². The molecule has 15 aromatic rings. The van der Waals surface area contributed by atoms with Crippen LogP contribution < -0.4 is 0 Å². The SMILES string of the molecule is c1ccc(-c2ccc(-c3cc(-c4nc(-c5ccccc5)nc(-c5ccccc5)n4)cc(-c4ccc(-c5ccccc5)cc4)c3-n3c4cc(C5c6ccccc6-c6ccccc65)ccc4c4ccc(C5c6ccccc6-c6ccccc65)cc43)cc2)cc1. The molecule has 4 heteroatoms. The van der Waals surface area contributed by atoms with E-state index in [2.05, 4.69) is 284 Å². The van der Waals surface area contributed by atoms with Crippen LogP contribution in [0.3, 0.4) is 0 Å².